The van der Waals surface area contributed by atoms with Crippen LogP contribution in [0.5, 0.6) is 11.5 Å². The van der Waals surface area contributed by atoms with Crippen LogP contribution in [0.1, 0.15) is 59.1 Å². The van der Waals surface area contributed by atoms with Crippen molar-refractivity contribution in [2.75, 3.05) is 5.32 Å². The van der Waals surface area contributed by atoms with Gasteiger partial charge in [-0.25, -0.2) is 0 Å². The third kappa shape index (κ3) is 4.50. The normalized spacial score (nSPS) is 36.7. The van der Waals surface area contributed by atoms with Crippen molar-refractivity contribution < 1.29 is 34.0 Å². The Balaban J connectivity index is 1.81. The van der Waals surface area contributed by atoms with Crippen LogP contribution in [0.15, 0.2) is 35.4 Å². The molecule has 3 N–H and O–H groups in total. The minimum Gasteiger partial charge on any atom is -0.508 e. The topological polar surface area (TPSA) is 114 Å². The number of hydrogen-bond acceptors (Lipinski definition) is 7. The first-order chi connectivity index (χ1) is 16.1. The number of Topliss-reactive ketones (excluding diaryl/α,β-unsaturated/α-hetero) is 1. The molecule has 184 valence electrons. The molecule has 3 heterocycles. The van der Waals surface area contributed by atoms with Gasteiger partial charge in [0.05, 0.1) is 29.9 Å². The number of fused-ring (bicyclic) bond motifs is 1. The highest BCUT2D eigenvalue weighted by molar-refractivity contribution is 6.14. The number of aromatic hydroxyl groups is 1. The summed E-state index contributed by atoms with van der Waals surface area (Å²) in [6.07, 6.45) is 2.16. The SMILES string of the molecule is CC=C1/C=C(\C)[C@H]2Oc3c(cc(O)cc3[C@@H](O[C@H]3CC[C@@H](O)C(C)O3)[C@@H]2C)NC(=O)C(C)C1=O. The minimum atomic E-state index is -0.917. The maximum absolute atomic E-state index is 13.0. The first-order valence-electron chi connectivity index (χ1n) is 11.8. The molecule has 2 bridgehead atoms. The summed E-state index contributed by atoms with van der Waals surface area (Å²) in [4.78, 5) is 25.9. The van der Waals surface area contributed by atoms with E-state index in [1.165, 1.54) is 6.07 Å². The van der Waals surface area contributed by atoms with Gasteiger partial charge in [-0.05, 0) is 51.8 Å². The van der Waals surface area contributed by atoms with Crippen molar-refractivity contribution >= 4 is 17.4 Å². The summed E-state index contributed by atoms with van der Waals surface area (Å²) in [5, 5.41) is 23.3. The van der Waals surface area contributed by atoms with Gasteiger partial charge in [-0.3, -0.25) is 9.59 Å². The molecule has 0 aromatic heterocycles. The molecule has 0 radical (unpaired) electrons. The molecular formula is C26H33NO7. The van der Waals surface area contributed by atoms with E-state index >= 15 is 0 Å². The zero-order valence-corrected chi connectivity index (χ0v) is 20.2. The lowest BCUT2D eigenvalue weighted by atomic mass is 9.84. The van der Waals surface area contributed by atoms with Crippen molar-refractivity contribution in [3.63, 3.8) is 0 Å². The highest BCUT2D eigenvalue weighted by Gasteiger charge is 2.42. The molecule has 3 aliphatic heterocycles. The second kappa shape index (κ2) is 9.52. The average Bonchev–Trinajstić information content (AvgIpc) is 2.80. The van der Waals surface area contributed by atoms with E-state index in [-0.39, 0.29) is 29.2 Å². The Bertz CT molecular complexity index is 1050. The third-order valence-corrected chi connectivity index (χ3v) is 6.99. The maximum atomic E-state index is 13.0. The highest BCUT2D eigenvalue weighted by atomic mass is 16.7. The predicted molar refractivity (Wildman–Crippen MR) is 125 cm³/mol. The van der Waals surface area contributed by atoms with Gasteiger partial charge >= 0.3 is 0 Å². The van der Waals surface area contributed by atoms with Gasteiger partial charge in [-0.2, -0.15) is 0 Å². The number of phenols is 1. The molecular weight excluding hydrogens is 438 g/mol. The fraction of sp³-hybridized carbons (Fsp3) is 0.538. The fourth-order valence-corrected chi connectivity index (χ4v) is 4.89. The quantitative estimate of drug-likeness (QED) is 0.444. The number of carbonyl (C=O) groups excluding carboxylic acids is 2. The summed E-state index contributed by atoms with van der Waals surface area (Å²) in [6.45, 7) is 9.02. The molecule has 2 unspecified atom stereocenters. The number of allylic oxidation sites excluding steroid dienone is 3. The number of benzene rings is 1. The number of carbonyl (C=O) groups is 2. The molecule has 1 fully saturated rings. The van der Waals surface area contributed by atoms with Crippen molar-refractivity contribution in [2.24, 2.45) is 11.8 Å². The van der Waals surface area contributed by atoms with Crippen molar-refractivity contribution in [3.8, 4) is 11.5 Å². The van der Waals surface area contributed by atoms with Gasteiger partial charge in [0, 0.05) is 29.5 Å². The largest absolute Gasteiger partial charge is 0.508 e. The van der Waals surface area contributed by atoms with E-state index in [2.05, 4.69) is 5.32 Å². The van der Waals surface area contributed by atoms with Gasteiger partial charge in [-0.1, -0.05) is 13.0 Å². The van der Waals surface area contributed by atoms with Crippen LogP contribution in [0.25, 0.3) is 0 Å². The van der Waals surface area contributed by atoms with E-state index in [0.717, 1.165) is 5.57 Å². The van der Waals surface area contributed by atoms with E-state index < -0.39 is 36.4 Å². The predicted octanol–water partition coefficient (Wildman–Crippen LogP) is 3.78. The lowest BCUT2D eigenvalue weighted by Gasteiger charge is -2.42. The Morgan fingerprint density at radius 3 is 2.59 bits per heavy atom. The lowest BCUT2D eigenvalue weighted by Crippen LogP contribution is -2.42. The van der Waals surface area contributed by atoms with Gasteiger partial charge in [0.15, 0.2) is 12.1 Å². The minimum absolute atomic E-state index is 0.0551. The number of anilines is 1. The Morgan fingerprint density at radius 2 is 1.91 bits per heavy atom. The van der Waals surface area contributed by atoms with Crippen LogP contribution in [0.4, 0.5) is 5.69 Å². The Hall–Kier alpha value is -2.68. The number of amides is 1. The van der Waals surface area contributed by atoms with E-state index in [1.807, 2.05) is 20.8 Å². The molecule has 34 heavy (non-hydrogen) atoms. The molecule has 4 rings (SSSR count). The van der Waals surface area contributed by atoms with Gasteiger partial charge in [0.1, 0.15) is 17.6 Å². The Morgan fingerprint density at radius 1 is 1.18 bits per heavy atom. The van der Waals surface area contributed by atoms with Crippen LogP contribution >= 0.6 is 0 Å². The molecule has 1 aromatic carbocycles. The molecule has 1 amide bonds. The van der Waals surface area contributed by atoms with Crippen LogP contribution in [-0.4, -0.2) is 46.5 Å². The molecule has 3 aliphatic rings. The Kier molecular flexibility index (Phi) is 6.85. The van der Waals surface area contributed by atoms with Crippen LogP contribution in [0, 0.1) is 11.8 Å². The number of rotatable bonds is 2. The van der Waals surface area contributed by atoms with Crippen LogP contribution in [0.3, 0.4) is 0 Å². The van der Waals surface area contributed by atoms with Crippen molar-refractivity contribution in [1.82, 2.24) is 0 Å². The summed E-state index contributed by atoms with van der Waals surface area (Å²) in [5.41, 5.74) is 2.14. The Labute approximate surface area is 199 Å². The van der Waals surface area contributed by atoms with E-state index in [9.17, 15) is 19.8 Å². The zero-order chi connectivity index (χ0) is 24.7. The maximum Gasteiger partial charge on any atom is 0.235 e. The van der Waals surface area contributed by atoms with Crippen LogP contribution in [-0.2, 0) is 19.1 Å². The van der Waals surface area contributed by atoms with Gasteiger partial charge in [-0.15, -0.1) is 0 Å². The number of nitrogens with one attached hydrogen (secondary N) is 1. The van der Waals surface area contributed by atoms with Crippen molar-refractivity contribution in [1.29, 1.82) is 0 Å². The van der Waals surface area contributed by atoms with E-state index in [1.54, 1.807) is 32.1 Å². The van der Waals surface area contributed by atoms with E-state index in [0.29, 0.717) is 29.7 Å². The number of ketones is 1. The molecule has 0 saturated carbocycles. The fourth-order valence-electron chi connectivity index (χ4n) is 4.89. The van der Waals surface area contributed by atoms with Gasteiger partial charge < -0.3 is 29.7 Å². The summed E-state index contributed by atoms with van der Waals surface area (Å²) in [7, 11) is 0. The second-order valence-electron chi connectivity index (χ2n) is 9.49. The summed E-state index contributed by atoms with van der Waals surface area (Å²) >= 11 is 0. The molecule has 1 saturated heterocycles. The van der Waals surface area contributed by atoms with Crippen molar-refractivity contribution in [3.05, 3.63) is 41.0 Å². The van der Waals surface area contributed by atoms with Crippen LogP contribution in [0.2, 0.25) is 0 Å². The molecule has 7 atom stereocenters. The van der Waals surface area contributed by atoms with Crippen molar-refractivity contribution in [2.45, 2.75) is 78.2 Å². The lowest BCUT2D eigenvalue weighted by molar-refractivity contribution is -0.247. The number of ether oxygens (including phenoxy) is 3. The average molecular weight is 472 g/mol. The molecule has 8 heteroatoms. The first-order valence-corrected chi connectivity index (χ1v) is 11.8. The number of aliphatic hydroxyl groups is 1. The summed E-state index contributed by atoms with van der Waals surface area (Å²) < 4.78 is 18.7. The van der Waals surface area contributed by atoms with E-state index in [4.69, 9.17) is 14.2 Å². The standard InChI is InChI=1S/C26H33NO7/c1-6-16-9-12(2)23-14(4)24(33-21-8-7-20(29)15(5)32-21)18-10-17(28)11-19(25(18)34-23)27-26(31)13(3)22(16)30/h6,9-11,13-15,20-21,23-24,28-29H,7-8H2,1-5H3,(H,27,31)/b12-9+,16-6?/t13?,14-,15?,20-,21+,23-,24+/m1/s1. The number of phenolic OH excluding ortho intramolecular Hbond substituents is 1. The third-order valence-electron chi connectivity index (χ3n) is 6.99. The number of aliphatic hydroxyl groups excluding tert-OH is 1. The molecule has 0 aliphatic carbocycles. The summed E-state index contributed by atoms with van der Waals surface area (Å²) in [5.74, 6) is -1.55. The first kappa shape index (κ1) is 24.4. The zero-order valence-electron chi connectivity index (χ0n) is 20.2. The molecule has 1 aromatic rings. The van der Waals surface area contributed by atoms with Gasteiger partial charge in [0.2, 0.25) is 5.91 Å². The van der Waals surface area contributed by atoms with Gasteiger partial charge in [0.25, 0.3) is 0 Å². The number of hydrogen-bond donors (Lipinski definition) is 3. The monoisotopic (exact) mass is 471 g/mol. The summed E-state index contributed by atoms with van der Waals surface area (Å²) in [6, 6.07) is 3.00. The van der Waals surface area contributed by atoms with Crippen LogP contribution < -0.4 is 10.1 Å². The second-order valence-corrected chi connectivity index (χ2v) is 9.49. The molecule has 0 spiro atoms. The smallest absolute Gasteiger partial charge is 0.235 e. The highest BCUT2D eigenvalue weighted by Crippen LogP contribution is 2.49. The molecule has 8 nitrogen and oxygen atoms in total.